The van der Waals surface area contributed by atoms with Crippen LogP contribution in [-0.2, 0) is 4.74 Å². The van der Waals surface area contributed by atoms with Crippen LogP contribution < -0.4 is 0 Å². The van der Waals surface area contributed by atoms with Crippen molar-refractivity contribution in [2.45, 2.75) is 19.1 Å². The summed E-state index contributed by atoms with van der Waals surface area (Å²) in [6.07, 6.45) is -0.0900. The maximum absolute atomic E-state index is 12.7. The Kier molecular flexibility index (Phi) is 4.16. The number of carboxylic acid groups (broad SMARTS) is 1. The first-order valence-electron chi connectivity index (χ1n) is 7.37. The van der Waals surface area contributed by atoms with Gasteiger partial charge in [0.2, 0.25) is 5.76 Å². The summed E-state index contributed by atoms with van der Waals surface area (Å²) < 4.78 is 10.8. The van der Waals surface area contributed by atoms with E-state index in [2.05, 4.69) is 0 Å². The zero-order valence-corrected chi connectivity index (χ0v) is 12.6. The van der Waals surface area contributed by atoms with Crippen LogP contribution in [0.5, 0.6) is 0 Å². The molecule has 0 aliphatic carbocycles. The third-order valence-electron chi connectivity index (χ3n) is 3.84. The van der Waals surface area contributed by atoms with Crippen LogP contribution >= 0.6 is 0 Å². The Morgan fingerprint density at radius 1 is 1.13 bits per heavy atom. The highest BCUT2D eigenvalue weighted by molar-refractivity contribution is 5.93. The van der Waals surface area contributed by atoms with Crippen LogP contribution in [0.2, 0.25) is 0 Å². The molecule has 0 saturated carbocycles. The van der Waals surface area contributed by atoms with E-state index in [1.807, 2.05) is 37.3 Å². The second-order valence-corrected chi connectivity index (χ2v) is 5.50. The van der Waals surface area contributed by atoms with Crippen molar-refractivity contribution in [1.82, 2.24) is 4.90 Å². The second kappa shape index (κ2) is 6.26. The summed E-state index contributed by atoms with van der Waals surface area (Å²) in [6.45, 7) is 2.71. The Balaban J connectivity index is 1.89. The number of ether oxygens (including phenoxy) is 1. The van der Waals surface area contributed by atoms with Crippen LogP contribution in [0.1, 0.15) is 39.6 Å². The molecule has 1 aliphatic heterocycles. The fraction of sp³-hybridized carbons (Fsp3) is 0.294. The second-order valence-electron chi connectivity index (χ2n) is 5.50. The number of furan rings is 1. The zero-order chi connectivity index (χ0) is 16.4. The van der Waals surface area contributed by atoms with Crippen molar-refractivity contribution < 1.29 is 23.8 Å². The topological polar surface area (TPSA) is 80.0 Å². The average molecular weight is 315 g/mol. The molecule has 2 aromatic rings. The molecule has 1 N–H and O–H groups in total. The minimum atomic E-state index is -1.20. The Morgan fingerprint density at radius 3 is 2.48 bits per heavy atom. The molecule has 120 valence electrons. The summed E-state index contributed by atoms with van der Waals surface area (Å²) >= 11 is 0. The Morgan fingerprint density at radius 2 is 1.83 bits per heavy atom. The lowest BCUT2D eigenvalue weighted by Gasteiger charge is -2.38. The van der Waals surface area contributed by atoms with Crippen molar-refractivity contribution in [1.29, 1.82) is 0 Å². The van der Waals surface area contributed by atoms with Gasteiger partial charge in [-0.2, -0.15) is 0 Å². The molecule has 2 atom stereocenters. The van der Waals surface area contributed by atoms with E-state index in [-0.39, 0.29) is 29.6 Å². The van der Waals surface area contributed by atoms with Crippen molar-refractivity contribution in [3.05, 3.63) is 59.5 Å². The third kappa shape index (κ3) is 3.12. The van der Waals surface area contributed by atoms with Crippen LogP contribution in [-0.4, -0.2) is 41.1 Å². The van der Waals surface area contributed by atoms with Crippen molar-refractivity contribution in [3.8, 4) is 0 Å². The first-order chi connectivity index (χ1) is 11.1. The number of morpholine rings is 1. The average Bonchev–Trinajstić information content (AvgIpc) is 3.05. The van der Waals surface area contributed by atoms with Gasteiger partial charge in [-0.05, 0) is 24.6 Å². The van der Waals surface area contributed by atoms with Gasteiger partial charge in [-0.3, -0.25) is 4.79 Å². The summed E-state index contributed by atoms with van der Waals surface area (Å²) in [4.78, 5) is 25.3. The molecule has 1 aromatic heterocycles. The summed E-state index contributed by atoms with van der Waals surface area (Å²) in [5, 5.41) is 8.92. The molecule has 23 heavy (non-hydrogen) atoms. The standard InChI is InChI=1S/C17H17NO5/c1-11-9-18(13(10-22-11)12-5-3-2-4-6-12)16(19)14-7-8-15(23-14)17(20)21/h2-8,11,13H,9-10H2,1H3,(H,20,21). The lowest BCUT2D eigenvalue weighted by molar-refractivity contribution is -0.0457. The molecular weight excluding hydrogens is 298 g/mol. The summed E-state index contributed by atoms with van der Waals surface area (Å²) in [7, 11) is 0. The number of aromatic carboxylic acids is 1. The molecule has 1 saturated heterocycles. The lowest BCUT2D eigenvalue weighted by Crippen LogP contribution is -2.46. The highest BCUT2D eigenvalue weighted by Crippen LogP contribution is 2.28. The number of carbonyl (C=O) groups is 2. The maximum Gasteiger partial charge on any atom is 0.371 e. The van der Waals surface area contributed by atoms with Crippen molar-refractivity contribution in [2.24, 2.45) is 0 Å². The van der Waals surface area contributed by atoms with Crippen molar-refractivity contribution >= 4 is 11.9 Å². The Labute approximate surface area is 133 Å². The molecule has 1 fully saturated rings. The van der Waals surface area contributed by atoms with E-state index < -0.39 is 5.97 Å². The van der Waals surface area contributed by atoms with E-state index >= 15 is 0 Å². The number of carbonyl (C=O) groups excluding carboxylic acids is 1. The highest BCUT2D eigenvalue weighted by Gasteiger charge is 2.33. The molecule has 0 bridgehead atoms. The van der Waals surface area contributed by atoms with E-state index in [1.54, 1.807) is 4.90 Å². The number of amides is 1. The number of benzene rings is 1. The predicted molar refractivity (Wildman–Crippen MR) is 81.3 cm³/mol. The maximum atomic E-state index is 12.7. The van der Waals surface area contributed by atoms with E-state index in [0.29, 0.717) is 13.2 Å². The van der Waals surface area contributed by atoms with E-state index in [4.69, 9.17) is 14.3 Å². The van der Waals surface area contributed by atoms with Crippen LogP contribution in [0.3, 0.4) is 0 Å². The molecule has 6 heteroatoms. The van der Waals surface area contributed by atoms with Crippen molar-refractivity contribution in [2.75, 3.05) is 13.2 Å². The predicted octanol–water partition coefficient (Wildman–Crippen LogP) is 2.58. The molecule has 1 amide bonds. The fourth-order valence-corrected chi connectivity index (χ4v) is 2.69. The fourth-order valence-electron chi connectivity index (χ4n) is 2.69. The van der Waals surface area contributed by atoms with Crippen LogP contribution in [0.25, 0.3) is 0 Å². The quantitative estimate of drug-likeness (QED) is 0.941. The molecule has 1 aromatic carbocycles. The SMILES string of the molecule is CC1CN(C(=O)c2ccc(C(=O)O)o2)C(c2ccccc2)CO1. The van der Waals surface area contributed by atoms with E-state index in [1.165, 1.54) is 12.1 Å². The van der Waals surface area contributed by atoms with Gasteiger partial charge in [0.1, 0.15) is 0 Å². The van der Waals surface area contributed by atoms with Gasteiger partial charge in [0.15, 0.2) is 5.76 Å². The summed E-state index contributed by atoms with van der Waals surface area (Å²) in [6, 6.07) is 12.1. The number of nitrogens with zero attached hydrogens (tertiary/aromatic N) is 1. The first-order valence-corrected chi connectivity index (χ1v) is 7.37. The molecular formula is C17H17NO5. The Bertz CT molecular complexity index is 709. The third-order valence-corrected chi connectivity index (χ3v) is 3.84. The highest BCUT2D eigenvalue weighted by atomic mass is 16.5. The molecule has 3 rings (SSSR count). The monoisotopic (exact) mass is 315 g/mol. The van der Waals surface area contributed by atoms with Gasteiger partial charge in [-0.1, -0.05) is 30.3 Å². The molecule has 2 unspecified atom stereocenters. The molecule has 6 nitrogen and oxygen atoms in total. The minimum Gasteiger partial charge on any atom is -0.475 e. The van der Waals surface area contributed by atoms with Crippen molar-refractivity contribution in [3.63, 3.8) is 0 Å². The molecule has 2 heterocycles. The van der Waals surface area contributed by atoms with Crippen LogP contribution in [0, 0.1) is 0 Å². The van der Waals surface area contributed by atoms with Gasteiger partial charge in [-0.15, -0.1) is 0 Å². The number of carboxylic acids is 1. The largest absolute Gasteiger partial charge is 0.475 e. The smallest absolute Gasteiger partial charge is 0.371 e. The van der Waals surface area contributed by atoms with E-state index in [9.17, 15) is 9.59 Å². The Hall–Kier alpha value is -2.60. The van der Waals surface area contributed by atoms with E-state index in [0.717, 1.165) is 5.56 Å². The van der Waals surface area contributed by atoms with Gasteiger partial charge < -0.3 is 19.2 Å². The number of rotatable bonds is 3. The van der Waals surface area contributed by atoms with Gasteiger partial charge in [-0.25, -0.2) is 4.79 Å². The van der Waals surface area contributed by atoms with Crippen LogP contribution in [0.4, 0.5) is 0 Å². The first kappa shape index (κ1) is 15.3. The summed E-state index contributed by atoms with van der Waals surface area (Å²) in [5.74, 6) is -1.75. The lowest BCUT2D eigenvalue weighted by atomic mass is 10.0. The summed E-state index contributed by atoms with van der Waals surface area (Å²) in [5.41, 5.74) is 0.970. The molecule has 1 aliphatic rings. The van der Waals surface area contributed by atoms with Gasteiger partial charge in [0.25, 0.3) is 5.91 Å². The number of hydrogen-bond acceptors (Lipinski definition) is 4. The van der Waals surface area contributed by atoms with Gasteiger partial charge in [0.05, 0.1) is 18.8 Å². The molecule has 0 radical (unpaired) electrons. The minimum absolute atomic E-state index is 0.0254. The normalized spacial score (nSPS) is 21.2. The van der Waals surface area contributed by atoms with Crippen LogP contribution in [0.15, 0.2) is 46.9 Å². The van der Waals surface area contributed by atoms with Gasteiger partial charge in [0, 0.05) is 6.54 Å². The zero-order valence-electron chi connectivity index (χ0n) is 12.6. The van der Waals surface area contributed by atoms with Gasteiger partial charge >= 0.3 is 5.97 Å². The molecule has 0 spiro atoms. The number of hydrogen-bond donors (Lipinski definition) is 1.